The Bertz CT molecular complexity index is 695. The van der Waals surface area contributed by atoms with Gasteiger partial charge >= 0.3 is 13.2 Å². The number of pyridine rings is 1. The number of hydrogen-bond donors (Lipinski definition) is 1. The number of carbonyl (C=O) groups excluding carboxylic acids is 1. The smallest absolute Gasteiger partial charge is 0.444 e. The summed E-state index contributed by atoms with van der Waals surface area (Å²) in [5.74, 6) is 0. The van der Waals surface area contributed by atoms with E-state index < -0.39 is 30.0 Å². The predicted octanol–water partition coefficient (Wildman–Crippen LogP) is 4.38. The van der Waals surface area contributed by atoms with E-state index in [-0.39, 0.29) is 6.54 Å². The first-order chi connectivity index (χ1) is 12.3. The quantitative estimate of drug-likeness (QED) is 0.557. The van der Waals surface area contributed by atoms with Gasteiger partial charge in [-0.3, -0.25) is 0 Å². The van der Waals surface area contributed by atoms with Gasteiger partial charge in [-0.2, -0.15) is 0 Å². The SMILES string of the molecule is CC(C)(C)OC(=O)NCC(=Cc1ccc(Br)nc1)B1OC(C)(C)C(C)(C)O1. The molecule has 2 rings (SSSR count). The van der Waals surface area contributed by atoms with Crippen LogP contribution in [0.25, 0.3) is 6.08 Å². The van der Waals surface area contributed by atoms with Crippen molar-refractivity contribution >= 4 is 35.2 Å². The van der Waals surface area contributed by atoms with Gasteiger partial charge in [-0.1, -0.05) is 12.1 Å². The Labute approximate surface area is 170 Å². The Balaban J connectivity index is 2.22. The first kappa shape index (κ1) is 21.9. The summed E-state index contributed by atoms with van der Waals surface area (Å²) in [5.41, 5.74) is 0.160. The molecule has 6 nitrogen and oxygen atoms in total. The molecule has 1 aliphatic heterocycles. The molecule has 1 saturated heterocycles. The largest absolute Gasteiger partial charge is 0.492 e. The van der Waals surface area contributed by atoms with Gasteiger partial charge in [0.15, 0.2) is 0 Å². The number of nitrogens with zero attached hydrogens (tertiary/aromatic N) is 1. The van der Waals surface area contributed by atoms with Crippen LogP contribution in [-0.2, 0) is 14.0 Å². The molecule has 2 heterocycles. The zero-order valence-corrected chi connectivity index (χ0v) is 18.6. The molecule has 0 spiro atoms. The van der Waals surface area contributed by atoms with E-state index in [4.69, 9.17) is 14.0 Å². The molecular formula is C19H28BBrN2O4. The van der Waals surface area contributed by atoms with Gasteiger partial charge < -0.3 is 19.4 Å². The third-order valence-corrected chi connectivity index (χ3v) is 4.96. The summed E-state index contributed by atoms with van der Waals surface area (Å²) >= 11 is 3.33. The first-order valence-corrected chi connectivity index (χ1v) is 9.73. The van der Waals surface area contributed by atoms with Gasteiger partial charge in [0.2, 0.25) is 0 Å². The van der Waals surface area contributed by atoms with Crippen molar-refractivity contribution in [2.24, 2.45) is 0 Å². The minimum Gasteiger partial charge on any atom is -0.444 e. The fourth-order valence-electron chi connectivity index (χ4n) is 2.37. The fraction of sp³-hybridized carbons (Fsp3) is 0.579. The highest BCUT2D eigenvalue weighted by atomic mass is 79.9. The minimum atomic E-state index is -0.575. The molecule has 1 N–H and O–H groups in total. The zero-order chi connectivity index (χ0) is 20.5. The lowest BCUT2D eigenvalue weighted by Gasteiger charge is -2.32. The third kappa shape index (κ3) is 6.06. The van der Waals surface area contributed by atoms with E-state index >= 15 is 0 Å². The Morgan fingerprint density at radius 1 is 1.26 bits per heavy atom. The highest BCUT2D eigenvalue weighted by Crippen LogP contribution is 2.38. The van der Waals surface area contributed by atoms with Crippen LogP contribution >= 0.6 is 15.9 Å². The van der Waals surface area contributed by atoms with Crippen LogP contribution < -0.4 is 5.32 Å². The summed E-state index contributed by atoms with van der Waals surface area (Å²) in [6.45, 7) is 13.7. The maximum Gasteiger partial charge on any atom is 0.492 e. The van der Waals surface area contributed by atoms with E-state index in [1.54, 1.807) is 6.20 Å². The average molecular weight is 439 g/mol. The number of carbonyl (C=O) groups is 1. The van der Waals surface area contributed by atoms with Crippen molar-refractivity contribution in [1.29, 1.82) is 0 Å². The normalized spacial score (nSPS) is 19.1. The van der Waals surface area contributed by atoms with Crippen LogP contribution in [0.2, 0.25) is 0 Å². The number of ether oxygens (including phenoxy) is 1. The van der Waals surface area contributed by atoms with Gasteiger partial charge in [-0.25, -0.2) is 9.78 Å². The van der Waals surface area contributed by atoms with Crippen molar-refractivity contribution in [2.75, 3.05) is 6.54 Å². The molecule has 0 bridgehead atoms. The molecular weight excluding hydrogens is 411 g/mol. The molecule has 1 amide bonds. The van der Waals surface area contributed by atoms with Crippen molar-refractivity contribution < 1.29 is 18.8 Å². The first-order valence-electron chi connectivity index (χ1n) is 8.94. The van der Waals surface area contributed by atoms with Crippen molar-refractivity contribution in [3.8, 4) is 0 Å². The van der Waals surface area contributed by atoms with Gasteiger partial charge in [0, 0.05) is 12.7 Å². The Kier molecular flexibility index (Phi) is 6.44. The summed E-state index contributed by atoms with van der Waals surface area (Å²) in [6, 6.07) is 3.78. The summed E-state index contributed by atoms with van der Waals surface area (Å²) in [4.78, 5) is 16.3. The third-order valence-electron chi connectivity index (χ3n) is 4.49. The molecule has 1 aromatic rings. The second-order valence-corrected chi connectivity index (χ2v) is 9.39. The Hall–Kier alpha value is -1.38. The molecule has 0 aliphatic carbocycles. The van der Waals surface area contributed by atoms with E-state index in [9.17, 15) is 4.79 Å². The second kappa shape index (κ2) is 7.93. The van der Waals surface area contributed by atoms with Crippen LogP contribution in [0.5, 0.6) is 0 Å². The lowest BCUT2D eigenvalue weighted by atomic mass is 9.77. The molecule has 27 heavy (non-hydrogen) atoms. The minimum absolute atomic E-state index is 0.238. The average Bonchev–Trinajstić information content (AvgIpc) is 2.72. The predicted molar refractivity (Wildman–Crippen MR) is 110 cm³/mol. The number of nitrogens with one attached hydrogen (secondary N) is 1. The number of alkyl carbamates (subject to hydrolysis) is 1. The lowest BCUT2D eigenvalue weighted by Crippen LogP contribution is -2.41. The molecule has 1 aliphatic rings. The molecule has 0 atom stereocenters. The van der Waals surface area contributed by atoms with Crippen LogP contribution in [0.1, 0.15) is 54.0 Å². The number of hydrogen-bond acceptors (Lipinski definition) is 5. The monoisotopic (exact) mass is 438 g/mol. The van der Waals surface area contributed by atoms with E-state index in [1.165, 1.54) is 0 Å². The summed E-state index contributed by atoms with van der Waals surface area (Å²) < 4.78 is 18.4. The second-order valence-electron chi connectivity index (χ2n) is 8.58. The number of rotatable bonds is 4. The summed E-state index contributed by atoms with van der Waals surface area (Å²) in [5, 5.41) is 2.78. The maximum absolute atomic E-state index is 12.1. The van der Waals surface area contributed by atoms with Crippen molar-refractivity contribution in [1.82, 2.24) is 10.3 Å². The van der Waals surface area contributed by atoms with Gasteiger partial charge in [0.1, 0.15) is 10.2 Å². The van der Waals surface area contributed by atoms with Gasteiger partial charge in [0.05, 0.1) is 11.2 Å². The Morgan fingerprint density at radius 3 is 2.33 bits per heavy atom. The summed E-state index contributed by atoms with van der Waals surface area (Å²) in [7, 11) is -0.575. The summed E-state index contributed by atoms with van der Waals surface area (Å²) in [6.07, 6.45) is 3.17. The maximum atomic E-state index is 12.1. The van der Waals surface area contributed by atoms with Crippen LogP contribution in [0.15, 0.2) is 28.4 Å². The molecule has 148 valence electrons. The topological polar surface area (TPSA) is 69.7 Å². The number of aromatic nitrogens is 1. The van der Waals surface area contributed by atoms with E-state index in [2.05, 4.69) is 26.2 Å². The van der Waals surface area contributed by atoms with Crippen molar-refractivity contribution in [3.63, 3.8) is 0 Å². The molecule has 1 aromatic heterocycles. The Morgan fingerprint density at radius 2 is 1.85 bits per heavy atom. The number of halogens is 1. The molecule has 1 fully saturated rings. The number of amides is 1. The van der Waals surface area contributed by atoms with Crippen LogP contribution in [0.4, 0.5) is 4.79 Å². The fourth-order valence-corrected chi connectivity index (χ4v) is 2.61. The van der Waals surface area contributed by atoms with E-state index in [0.29, 0.717) is 0 Å². The molecule has 0 saturated carbocycles. The van der Waals surface area contributed by atoms with Gasteiger partial charge in [-0.15, -0.1) is 0 Å². The van der Waals surface area contributed by atoms with Gasteiger partial charge in [-0.05, 0) is 81.5 Å². The van der Waals surface area contributed by atoms with E-state index in [0.717, 1.165) is 15.6 Å². The highest BCUT2D eigenvalue weighted by Gasteiger charge is 2.52. The van der Waals surface area contributed by atoms with Crippen LogP contribution in [0.3, 0.4) is 0 Å². The van der Waals surface area contributed by atoms with Gasteiger partial charge in [0.25, 0.3) is 0 Å². The molecule has 0 radical (unpaired) electrons. The molecule has 8 heteroatoms. The standard InChI is InChI=1S/C19H28BBrN2O4/c1-17(2,3)25-16(24)23-12-14(10-13-8-9-15(21)22-11-13)20-26-18(4,5)19(6,7)27-20/h8-11H,12H2,1-7H3,(H,23,24). The van der Waals surface area contributed by atoms with Crippen molar-refractivity contribution in [2.45, 2.75) is 65.3 Å². The van der Waals surface area contributed by atoms with Crippen LogP contribution in [0, 0.1) is 0 Å². The van der Waals surface area contributed by atoms with Crippen LogP contribution in [-0.4, -0.2) is 41.5 Å². The molecule has 0 aromatic carbocycles. The van der Waals surface area contributed by atoms with Crippen molar-refractivity contribution in [3.05, 3.63) is 34.0 Å². The zero-order valence-electron chi connectivity index (χ0n) is 17.1. The lowest BCUT2D eigenvalue weighted by molar-refractivity contribution is 0.00578. The molecule has 0 unspecified atom stereocenters. The van der Waals surface area contributed by atoms with E-state index in [1.807, 2.05) is 66.7 Å². The highest BCUT2D eigenvalue weighted by molar-refractivity contribution is 9.10.